The zero-order valence-corrected chi connectivity index (χ0v) is 22.4. The number of hydrazone groups is 1. The fourth-order valence-electron chi connectivity index (χ4n) is 3.64. The minimum atomic E-state index is -0.271. The van der Waals surface area contributed by atoms with E-state index in [9.17, 15) is 9.59 Å². The van der Waals surface area contributed by atoms with Crippen LogP contribution in [0.1, 0.15) is 25.0 Å². The third-order valence-electron chi connectivity index (χ3n) is 5.39. The second-order valence-corrected chi connectivity index (χ2v) is 9.32. The van der Waals surface area contributed by atoms with Gasteiger partial charge < -0.3 is 14.8 Å². The van der Waals surface area contributed by atoms with E-state index in [1.54, 1.807) is 12.1 Å². The molecule has 3 aromatic carbocycles. The summed E-state index contributed by atoms with van der Waals surface area (Å²) in [4.78, 5) is 25.5. The maximum absolute atomic E-state index is 13.1. The number of rotatable bonds is 8. The predicted octanol–water partition coefficient (Wildman–Crippen LogP) is 5.82. The van der Waals surface area contributed by atoms with Crippen LogP contribution in [0.4, 0.5) is 11.4 Å². The van der Waals surface area contributed by atoms with Gasteiger partial charge in [0.2, 0.25) is 0 Å². The molecule has 4 rings (SSSR count). The molecule has 36 heavy (non-hydrogen) atoms. The third-order valence-corrected chi connectivity index (χ3v) is 6.19. The number of anilines is 2. The number of ether oxygens (including phenoxy) is 2. The SMILES string of the molecule is CCOc1cc(/C=C2/C(=O)N(c3ccccc3)N=C2C)cc(I)c1OCC(=O)Nc1ccc(C)cc1. The van der Waals surface area contributed by atoms with Crippen molar-refractivity contribution in [2.24, 2.45) is 5.10 Å². The minimum absolute atomic E-state index is 0.166. The number of nitrogens with zero attached hydrogens (tertiary/aromatic N) is 2. The normalized spacial score (nSPS) is 14.1. The molecule has 2 amide bonds. The molecule has 0 spiro atoms. The maximum Gasteiger partial charge on any atom is 0.280 e. The highest BCUT2D eigenvalue weighted by molar-refractivity contribution is 14.1. The summed E-state index contributed by atoms with van der Waals surface area (Å²) in [5.74, 6) is 0.513. The lowest BCUT2D eigenvalue weighted by Gasteiger charge is -2.15. The molecular formula is C28H26IN3O4. The van der Waals surface area contributed by atoms with E-state index in [4.69, 9.17) is 9.47 Å². The van der Waals surface area contributed by atoms with Crippen molar-refractivity contribution in [1.29, 1.82) is 0 Å². The second-order valence-electron chi connectivity index (χ2n) is 8.16. The van der Waals surface area contributed by atoms with Gasteiger partial charge in [-0.15, -0.1) is 0 Å². The van der Waals surface area contributed by atoms with Gasteiger partial charge in [0, 0.05) is 5.69 Å². The maximum atomic E-state index is 13.1. The Balaban J connectivity index is 1.52. The van der Waals surface area contributed by atoms with Crippen LogP contribution in [-0.2, 0) is 9.59 Å². The first kappa shape index (κ1) is 25.4. The monoisotopic (exact) mass is 595 g/mol. The number of aryl methyl sites for hydroxylation is 1. The first-order valence-electron chi connectivity index (χ1n) is 11.5. The van der Waals surface area contributed by atoms with E-state index >= 15 is 0 Å². The van der Waals surface area contributed by atoms with Gasteiger partial charge in [0.25, 0.3) is 11.8 Å². The predicted molar refractivity (Wildman–Crippen MR) is 151 cm³/mol. The molecular weight excluding hydrogens is 569 g/mol. The van der Waals surface area contributed by atoms with Crippen LogP contribution in [0.25, 0.3) is 6.08 Å². The molecule has 0 aromatic heterocycles. The zero-order valence-electron chi connectivity index (χ0n) is 20.2. The molecule has 3 aromatic rings. The number of benzene rings is 3. The molecule has 1 N–H and O–H groups in total. The van der Waals surface area contributed by atoms with Crippen LogP contribution < -0.4 is 19.8 Å². The smallest absolute Gasteiger partial charge is 0.280 e. The molecule has 1 heterocycles. The van der Waals surface area contributed by atoms with Crippen molar-refractivity contribution in [1.82, 2.24) is 0 Å². The van der Waals surface area contributed by atoms with Gasteiger partial charge in [0.1, 0.15) is 0 Å². The highest BCUT2D eigenvalue weighted by atomic mass is 127. The van der Waals surface area contributed by atoms with Crippen LogP contribution in [0.5, 0.6) is 11.5 Å². The van der Waals surface area contributed by atoms with Gasteiger partial charge in [0.05, 0.1) is 27.1 Å². The summed E-state index contributed by atoms with van der Waals surface area (Å²) in [6, 6.07) is 20.6. The van der Waals surface area contributed by atoms with E-state index in [0.29, 0.717) is 40.8 Å². The lowest BCUT2D eigenvalue weighted by Crippen LogP contribution is -2.21. The van der Waals surface area contributed by atoms with Crippen LogP contribution in [0.15, 0.2) is 77.4 Å². The van der Waals surface area contributed by atoms with Crippen molar-refractivity contribution < 1.29 is 19.1 Å². The largest absolute Gasteiger partial charge is 0.490 e. The van der Waals surface area contributed by atoms with Crippen molar-refractivity contribution in [3.63, 3.8) is 0 Å². The minimum Gasteiger partial charge on any atom is -0.490 e. The Kier molecular flexibility index (Phi) is 8.04. The standard InChI is InChI=1S/C28H26IN3O4/c1-4-35-25-16-20(14-23-19(3)31-32(28(23)34)22-8-6-5-7-9-22)15-24(29)27(25)36-17-26(33)30-21-12-10-18(2)11-13-21/h5-16H,4,17H2,1-3H3,(H,30,33)/b23-14+. The quantitative estimate of drug-likeness (QED) is 0.263. The fraction of sp³-hybridized carbons (Fsp3) is 0.179. The van der Waals surface area contributed by atoms with E-state index in [0.717, 1.165) is 14.7 Å². The van der Waals surface area contributed by atoms with Crippen molar-refractivity contribution in [2.45, 2.75) is 20.8 Å². The molecule has 7 nitrogen and oxygen atoms in total. The van der Waals surface area contributed by atoms with Crippen LogP contribution in [0.3, 0.4) is 0 Å². The number of carbonyl (C=O) groups excluding carboxylic acids is 2. The lowest BCUT2D eigenvalue weighted by molar-refractivity contribution is -0.118. The molecule has 1 aliphatic rings. The third kappa shape index (κ3) is 5.93. The zero-order chi connectivity index (χ0) is 25.7. The number of para-hydroxylation sites is 1. The van der Waals surface area contributed by atoms with Gasteiger partial charge in [-0.3, -0.25) is 9.59 Å². The topological polar surface area (TPSA) is 80.2 Å². The molecule has 184 valence electrons. The summed E-state index contributed by atoms with van der Waals surface area (Å²) in [6.45, 7) is 5.93. The van der Waals surface area contributed by atoms with Crippen molar-refractivity contribution in [2.75, 3.05) is 23.5 Å². The first-order chi connectivity index (χ1) is 17.4. The van der Waals surface area contributed by atoms with Gasteiger partial charge in [-0.05, 0) is 91.4 Å². The Morgan fingerprint density at radius 2 is 1.78 bits per heavy atom. The van der Waals surface area contributed by atoms with Gasteiger partial charge in [-0.25, -0.2) is 0 Å². The number of hydrogen-bond donors (Lipinski definition) is 1. The van der Waals surface area contributed by atoms with E-state index < -0.39 is 0 Å². The molecule has 0 bridgehead atoms. The van der Waals surface area contributed by atoms with Crippen molar-refractivity contribution >= 4 is 57.6 Å². The van der Waals surface area contributed by atoms with Gasteiger partial charge >= 0.3 is 0 Å². The average molecular weight is 595 g/mol. The Hall–Kier alpha value is -3.66. The van der Waals surface area contributed by atoms with Crippen LogP contribution in [-0.4, -0.2) is 30.7 Å². The summed E-state index contributed by atoms with van der Waals surface area (Å²) in [5, 5.41) is 8.66. The Morgan fingerprint density at radius 3 is 2.47 bits per heavy atom. The van der Waals surface area contributed by atoms with Crippen LogP contribution in [0.2, 0.25) is 0 Å². The summed E-state index contributed by atoms with van der Waals surface area (Å²) in [6.07, 6.45) is 1.79. The summed E-state index contributed by atoms with van der Waals surface area (Å²) in [7, 11) is 0. The molecule has 1 aliphatic heterocycles. The number of amides is 2. The molecule has 0 atom stereocenters. The van der Waals surface area contributed by atoms with E-state index in [-0.39, 0.29) is 18.4 Å². The highest BCUT2D eigenvalue weighted by Crippen LogP contribution is 2.35. The number of nitrogens with one attached hydrogen (secondary N) is 1. The lowest BCUT2D eigenvalue weighted by atomic mass is 10.1. The van der Waals surface area contributed by atoms with E-state index in [2.05, 4.69) is 33.0 Å². The average Bonchev–Trinajstić information content (AvgIpc) is 3.14. The summed E-state index contributed by atoms with van der Waals surface area (Å²) >= 11 is 2.14. The Morgan fingerprint density at radius 1 is 1.06 bits per heavy atom. The molecule has 0 unspecified atom stereocenters. The second kappa shape index (κ2) is 11.4. The van der Waals surface area contributed by atoms with E-state index in [1.807, 2.05) is 81.4 Å². The van der Waals surface area contributed by atoms with Crippen LogP contribution >= 0.6 is 22.6 Å². The highest BCUT2D eigenvalue weighted by Gasteiger charge is 2.28. The van der Waals surface area contributed by atoms with Gasteiger partial charge in [-0.2, -0.15) is 10.1 Å². The van der Waals surface area contributed by atoms with E-state index in [1.165, 1.54) is 5.01 Å². The van der Waals surface area contributed by atoms with Gasteiger partial charge in [0.15, 0.2) is 18.1 Å². The molecule has 0 aliphatic carbocycles. The van der Waals surface area contributed by atoms with Crippen LogP contribution in [0, 0.1) is 10.5 Å². The Bertz CT molecular complexity index is 1330. The number of hydrogen-bond acceptors (Lipinski definition) is 5. The molecule has 0 fully saturated rings. The summed E-state index contributed by atoms with van der Waals surface area (Å²) in [5.41, 5.74) is 4.44. The Labute approximate surface area is 223 Å². The van der Waals surface area contributed by atoms with Crippen molar-refractivity contribution in [3.8, 4) is 11.5 Å². The van der Waals surface area contributed by atoms with Gasteiger partial charge in [-0.1, -0.05) is 35.9 Å². The number of halogens is 1. The molecule has 0 saturated carbocycles. The number of carbonyl (C=O) groups is 2. The summed E-state index contributed by atoms with van der Waals surface area (Å²) < 4.78 is 12.4. The van der Waals surface area contributed by atoms with Crippen molar-refractivity contribution in [3.05, 3.63) is 87.0 Å². The fourth-order valence-corrected chi connectivity index (χ4v) is 4.42. The first-order valence-corrected chi connectivity index (χ1v) is 12.6. The molecule has 8 heteroatoms. The molecule has 0 radical (unpaired) electrons. The molecule has 0 saturated heterocycles.